The molecule has 0 aliphatic carbocycles. The van der Waals surface area contributed by atoms with Crippen LogP contribution in [-0.2, 0) is 6.54 Å². The molecule has 0 heterocycles. The first-order valence-corrected chi connectivity index (χ1v) is 4.80. The number of hydrogen-bond donors (Lipinski definition) is 1. The number of anilines is 1. The van der Waals surface area contributed by atoms with Gasteiger partial charge in [0.25, 0.3) is 6.43 Å². The first-order valence-electron chi connectivity index (χ1n) is 4.80. The molecule has 1 aromatic rings. The summed E-state index contributed by atoms with van der Waals surface area (Å²) in [6.45, 7) is 2.20. The number of hydrogen-bond acceptors (Lipinski definition) is 2. The first kappa shape index (κ1) is 11.9. The van der Waals surface area contributed by atoms with Crippen LogP contribution in [0.25, 0.3) is 0 Å². The highest BCUT2D eigenvalue weighted by molar-refractivity contribution is 5.48. The van der Waals surface area contributed by atoms with Crippen LogP contribution >= 0.6 is 0 Å². The lowest BCUT2D eigenvalue weighted by Gasteiger charge is -2.16. The van der Waals surface area contributed by atoms with Gasteiger partial charge in [-0.25, -0.2) is 8.78 Å². The third-order valence-electron chi connectivity index (χ3n) is 2.25. The molecule has 0 aliphatic rings. The summed E-state index contributed by atoms with van der Waals surface area (Å²) >= 11 is 0. The molecule has 0 unspecified atom stereocenters. The summed E-state index contributed by atoms with van der Waals surface area (Å²) in [5.74, 6) is 0. The predicted molar refractivity (Wildman–Crippen MR) is 57.9 cm³/mol. The van der Waals surface area contributed by atoms with E-state index in [-0.39, 0.29) is 6.54 Å². The third kappa shape index (κ3) is 3.83. The molecule has 1 aromatic carbocycles. The van der Waals surface area contributed by atoms with Crippen LogP contribution in [0.5, 0.6) is 0 Å². The van der Waals surface area contributed by atoms with E-state index in [0.29, 0.717) is 12.2 Å². The van der Waals surface area contributed by atoms with E-state index < -0.39 is 6.43 Å². The minimum Gasteiger partial charge on any atom is -0.399 e. The Hall–Kier alpha value is -1.16. The number of nitrogens with zero attached hydrogens (tertiary/aromatic N) is 1. The largest absolute Gasteiger partial charge is 0.399 e. The fourth-order valence-corrected chi connectivity index (χ4v) is 1.40. The molecule has 0 atom stereocenters. The van der Waals surface area contributed by atoms with E-state index in [2.05, 4.69) is 0 Å². The Morgan fingerprint density at radius 2 is 2.07 bits per heavy atom. The molecular formula is C11H16F2N2. The number of aryl methyl sites for hydroxylation is 1. The van der Waals surface area contributed by atoms with Gasteiger partial charge in [0, 0.05) is 12.2 Å². The van der Waals surface area contributed by atoms with Gasteiger partial charge >= 0.3 is 0 Å². The molecule has 2 nitrogen and oxygen atoms in total. The maximum Gasteiger partial charge on any atom is 0.251 e. The summed E-state index contributed by atoms with van der Waals surface area (Å²) in [6.07, 6.45) is -2.29. The van der Waals surface area contributed by atoms with Crippen LogP contribution in [0.15, 0.2) is 18.2 Å². The molecule has 0 fully saturated rings. The number of halogens is 2. The van der Waals surface area contributed by atoms with Gasteiger partial charge in [0.15, 0.2) is 0 Å². The molecule has 0 radical (unpaired) electrons. The molecule has 0 amide bonds. The summed E-state index contributed by atoms with van der Waals surface area (Å²) < 4.78 is 24.1. The van der Waals surface area contributed by atoms with Crippen LogP contribution in [0.2, 0.25) is 0 Å². The molecule has 4 heteroatoms. The van der Waals surface area contributed by atoms with Crippen molar-refractivity contribution in [1.29, 1.82) is 0 Å². The van der Waals surface area contributed by atoms with Crippen molar-refractivity contribution in [1.82, 2.24) is 4.90 Å². The molecule has 0 aliphatic heterocycles. The van der Waals surface area contributed by atoms with Gasteiger partial charge < -0.3 is 5.73 Å². The van der Waals surface area contributed by atoms with Crippen molar-refractivity contribution in [2.24, 2.45) is 0 Å². The molecule has 1 rings (SSSR count). The van der Waals surface area contributed by atoms with Gasteiger partial charge in [0.1, 0.15) is 0 Å². The molecule has 0 saturated carbocycles. The zero-order chi connectivity index (χ0) is 11.4. The summed E-state index contributed by atoms with van der Waals surface area (Å²) in [5.41, 5.74) is 8.41. The normalized spacial score (nSPS) is 11.3. The van der Waals surface area contributed by atoms with Crippen molar-refractivity contribution < 1.29 is 8.78 Å². The number of nitrogens with two attached hydrogens (primary N) is 1. The Morgan fingerprint density at radius 3 is 2.60 bits per heavy atom. The third-order valence-corrected chi connectivity index (χ3v) is 2.25. The number of benzene rings is 1. The lowest BCUT2D eigenvalue weighted by molar-refractivity contribution is 0.0976. The zero-order valence-electron chi connectivity index (χ0n) is 9.00. The zero-order valence-corrected chi connectivity index (χ0v) is 9.00. The van der Waals surface area contributed by atoms with Gasteiger partial charge in [-0.3, -0.25) is 4.90 Å². The monoisotopic (exact) mass is 214 g/mol. The Kier molecular flexibility index (Phi) is 4.03. The lowest BCUT2D eigenvalue weighted by Crippen LogP contribution is -2.24. The number of rotatable bonds is 4. The highest BCUT2D eigenvalue weighted by atomic mass is 19.3. The van der Waals surface area contributed by atoms with Crippen molar-refractivity contribution in [2.45, 2.75) is 19.9 Å². The smallest absolute Gasteiger partial charge is 0.251 e. The van der Waals surface area contributed by atoms with E-state index in [1.165, 1.54) is 0 Å². The summed E-state index contributed by atoms with van der Waals surface area (Å²) in [5, 5.41) is 0. The summed E-state index contributed by atoms with van der Waals surface area (Å²) in [4.78, 5) is 1.58. The standard InChI is InChI=1S/C11H16F2N2/c1-8-3-4-9(5-10(8)14)6-15(2)7-11(12)13/h3-5,11H,6-7,14H2,1-2H3. The Balaban J connectivity index is 2.60. The molecular weight excluding hydrogens is 198 g/mol. The van der Waals surface area contributed by atoms with Gasteiger partial charge in [-0.2, -0.15) is 0 Å². The van der Waals surface area contributed by atoms with Gasteiger partial charge in [-0.1, -0.05) is 12.1 Å². The van der Waals surface area contributed by atoms with Crippen LogP contribution < -0.4 is 5.73 Å². The van der Waals surface area contributed by atoms with Crippen molar-refractivity contribution in [3.05, 3.63) is 29.3 Å². The fraction of sp³-hybridized carbons (Fsp3) is 0.455. The van der Waals surface area contributed by atoms with Crippen molar-refractivity contribution in [3.63, 3.8) is 0 Å². The van der Waals surface area contributed by atoms with E-state index in [9.17, 15) is 8.78 Å². The van der Waals surface area contributed by atoms with E-state index in [0.717, 1.165) is 11.1 Å². The molecule has 0 saturated heterocycles. The van der Waals surface area contributed by atoms with Crippen LogP contribution in [0, 0.1) is 6.92 Å². The van der Waals surface area contributed by atoms with Crippen LogP contribution in [0.3, 0.4) is 0 Å². The van der Waals surface area contributed by atoms with E-state index >= 15 is 0 Å². The quantitative estimate of drug-likeness (QED) is 0.779. The second kappa shape index (κ2) is 5.07. The summed E-state index contributed by atoms with van der Waals surface area (Å²) in [7, 11) is 1.67. The van der Waals surface area contributed by atoms with Crippen molar-refractivity contribution in [3.8, 4) is 0 Å². The maximum atomic E-state index is 12.1. The SMILES string of the molecule is Cc1ccc(CN(C)CC(F)F)cc1N. The minimum absolute atomic E-state index is 0.215. The lowest BCUT2D eigenvalue weighted by atomic mass is 10.1. The maximum absolute atomic E-state index is 12.1. The highest BCUT2D eigenvalue weighted by Crippen LogP contribution is 2.14. The molecule has 84 valence electrons. The van der Waals surface area contributed by atoms with Crippen molar-refractivity contribution >= 4 is 5.69 Å². The average molecular weight is 214 g/mol. The van der Waals surface area contributed by atoms with E-state index in [1.54, 1.807) is 11.9 Å². The van der Waals surface area contributed by atoms with E-state index in [1.807, 2.05) is 25.1 Å². The van der Waals surface area contributed by atoms with Crippen LogP contribution in [0.4, 0.5) is 14.5 Å². The Morgan fingerprint density at radius 1 is 1.40 bits per heavy atom. The number of nitrogen functional groups attached to an aromatic ring is 1. The molecule has 15 heavy (non-hydrogen) atoms. The van der Waals surface area contributed by atoms with Gasteiger partial charge in [0.05, 0.1) is 6.54 Å². The van der Waals surface area contributed by atoms with Gasteiger partial charge in [-0.05, 0) is 31.2 Å². The van der Waals surface area contributed by atoms with E-state index in [4.69, 9.17) is 5.73 Å². The molecule has 0 bridgehead atoms. The highest BCUT2D eigenvalue weighted by Gasteiger charge is 2.08. The second-order valence-corrected chi connectivity index (χ2v) is 3.78. The topological polar surface area (TPSA) is 29.3 Å². The summed E-state index contributed by atoms with van der Waals surface area (Å²) in [6, 6.07) is 5.64. The molecule has 2 N–H and O–H groups in total. The fourth-order valence-electron chi connectivity index (χ4n) is 1.40. The second-order valence-electron chi connectivity index (χ2n) is 3.78. The van der Waals surface area contributed by atoms with Crippen LogP contribution in [-0.4, -0.2) is 24.9 Å². The van der Waals surface area contributed by atoms with Crippen LogP contribution in [0.1, 0.15) is 11.1 Å². The Bertz CT molecular complexity index is 326. The van der Waals surface area contributed by atoms with Crippen molar-refractivity contribution in [2.75, 3.05) is 19.3 Å². The van der Waals surface area contributed by atoms with Gasteiger partial charge in [-0.15, -0.1) is 0 Å². The number of alkyl halides is 2. The first-order chi connectivity index (χ1) is 6.99. The van der Waals surface area contributed by atoms with Gasteiger partial charge in [0.2, 0.25) is 0 Å². The molecule has 0 spiro atoms. The predicted octanol–water partition coefficient (Wildman–Crippen LogP) is 2.27. The Labute approximate surface area is 88.7 Å². The minimum atomic E-state index is -2.29. The molecule has 0 aromatic heterocycles. The average Bonchev–Trinajstić information content (AvgIpc) is 2.10.